The lowest BCUT2D eigenvalue weighted by molar-refractivity contribution is -0.122. The SMILES string of the molecule is CCOc1cccc(CNC(=O)CC(C)CN)c1. The predicted molar refractivity (Wildman–Crippen MR) is 72.3 cm³/mol. The second-order valence-electron chi connectivity index (χ2n) is 4.40. The maximum absolute atomic E-state index is 11.6. The van der Waals surface area contributed by atoms with Crippen LogP contribution in [0.3, 0.4) is 0 Å². The standard InChI is InChI=1S/C14H22N2O2/c1-3-18-13-6-4-5-12(8-13)10-16-14(17)7-11(2)9-15/h4-6,8,11H,3,7,9-10,15H2,1-2H3,(H,16,17). The molecular weight excluding hydrogens is 228 g/mol. The van der Waals surface area contributed by atoms with Crippen molar-refractivity contribution in [3.63, 3.8) is 0 Å². The Morgan fingerprint density at radius 1 is 1.50 bits per heavy atom. The number of nitrogens with one attached hydrogen (secondary N) is 1. The van der Waals surface area contributed by atoms with Gasteiger partial charge in [0.15, 0.2) is 0 Å². The highest BCUT2D eigenvalue weighted by molar-refractivity contribution is 5.76. The third kappa shape index (κ3) is 5.19. The number of ether oxygens (including phenoxy) is 1. The van der Waals surface area contributed by atoms with E-state index in [2.05, 4.69) is 5.32 Å². The zero-order valence-corrected chi connectivity index (χ0v) is 11.1. The van der Waals surface area contributed by atoms with E-state index in [0.29, 0.717) is 26.1 Å². The molecule has 0 aliphatic heterocycles. The molecule has 0 spiro atoms. The van der Waals surface area contributed by atoms with Crippen molar-refractivity contribution in [2.75, 3.05) is 13.2 Å². The molecule has 0 aliphatic rings. The van der Waals surface area contributed by atoms with Gasteiger partial charge in [0.2, 0.25) is 5.91 Å². The van der Waals surface area contributed by atoms with E-state index in [1.165, 1.54) is 0 Å². The van der Waals surface area contributed by atoms with E-state index in [0.717, 1.165) is 11.3 Å². The number of benzene rings is 1. The van der Waals surface area contributed by atoms with Crippen molar-refractivity contribution in [2.24, 2.45) is 11.7 Å². The monoisotopic (exact) mass is 250 g/mol. The van der Waals surface area contributed by atoms with Crippen LogP contribution in [0.25, 0.3) is 0 Å². The second-order valence-corrected chi connectivity index (χ2v) is 4.40. The predicted octanol–water partition coefficient (Wildman–Crippen LogP) is 1.69. The maximum atomic E-state index is 11.6. The first-order chi connectivity index (χ1) is 8.65. The van der Waals surface area contributed by atoms with Crippen LogP contribution in [-0.4, -0.2) is 19.1 Å². The number of carbonyl (C=O) groups is 1. The van der Waals surface area contributed by atoms with Crippen LogP contribution >= 0.6 is 0 Å². The third-order valence-corrected chi connectivity index (χ3v) is 2.64. The van der Waals surface area contributed by atoms with Gasteiger partial charge in [-0.1, -0.05) is 19.1 Å². The molecule has 0 heterocycles. The molecule has 100 valence electrons. The van der Waals surface area contributed by atoms with E-state index >= 15 is 0 Å². The smallest absolute Gasteiger partial charge is 0.220 e. The first kappa shape index (κ1) is 14.5. The Balaban J connectivity index is 2.43. The van der Waals surface area contributed by atoms with E-state index in [1.807, 2.05) is 38.1 Å². The normalized spacial score (nSPS) is 11.9. The average molecular weight is 250 g/mol. The largest absolute Gasteiger partial charge is 0.494 e. The molecule has 0 saturated heterocycles. The molecule has 1 rings (SSSR count). The fraction of sp³-hybridized carbons (Fsp3) is 0.500. The minimum absolute atomic E-state index is 0.0368. The summed E-state index contributed by atoms with van der Waals surface area (Å²) in [5.41, 5.74) is 6.52. The molecule has 0 bridgehead atoms. The summed E-state index contributed by atoms with van der Waals surface area (Å²) in [6, 6.07) is 7.74. The summed E-state index contributed by atoms with van der Waals surface area (Å²) >= 11 is 0. The van der Waals surface area contributed by atoms with Gasteiger partial charge in [-0.3, -0.25) is 4.79 Å². The van der Waals surface area contributed by atoms with Crippen LogP contribution in [0.4, 0.5) is 0 Å². The summed E-state index contributed by atoms with van der Waals surface area (Å²) in [6.45, 7) is 5.62. The van der Waals surface area contributed by atoms with Crippen LogP contribution in [0.1, 0.15) is 25.8 Å². The van der Waals surface area contributed by atoms with Gasteiger partial charge in [-0.05, 0) is 37.1 Å². The average Bonchev–Trinajstić information content (AvgIpc) is 2.37. The molecule has 4 nitrogen and oxygen atoms in total. The molecule has 1 aromatic carbocycles. The number of hydrogen-bond donors (Lipinski definition) is 2. The number of hydrogen-bond acceptors (Lipinski definition) is 3. The Bertz CT molecular complexity index is 380. The topological polar surface area (TPSA) is 64.3 Å². The zero-order valence-electron chi connectivity index (χ0n) is 11.1. The third-order valence-electron chi connectivity index (χ3n) is 2.64. The minimum atomic E-state index is 0.0368. The summed E-state index contributed by atoms with van der Waals surface area (Å²) in [7, 11) is 0. The molecule has 1 aromatic rings. The molecule has 3 N–H and O–H groups in total. The molecule has 1 unspecified atom stereocenters. The van der Waals surface area contributed by atoms with Crippen LogP contribution in [-0.2, 0) is 11.3 Å². The van der Waals surface area contributed by atoms with Crippen molar-refractivity contribution >= 4 is 5.91 Å². The summed E-state index contributed by atoms with van der Waals surface area (Å²) in [4.78, 5) is 11.6. The molecule has 0 radical (unpaired) electrons. The maximum Gasteiger partial charge on any atom is 0.220 e. The number of carbonyl (C=O) groups excluding carboxylic acids is 1. The van der Waals surface area contributed by atoms with Crippen molar-refractivity contribution in [3.05, 3.63) is 29.8 Å². The summed E-state index contributed by atoms with van der Waals surface area (Å²) in [5, 5.41) is 2.88. The van der Waals surface area contributed by atoms with Crippen LogP contribution in [0.15, 0.2) is 24.3 Å². The minimum Gasteiger partial charge on any atom is -0.494 e. The van der Waals surface area contributed by atoms with Crippen LogP contribution < -0.4 is 15.8 Å². The Kier molecular flexibility index (Phi) is 6.22. The van der Waals surface area contributed by atoms with Gasteiger partial charge >= 0.3 is 0 Å². The highest BCUT2D eigenvalue weighted by atomic mass is 16.5. The first-order valence-corrected chi connectivity index (χ1v) is 6.34. The van der Waals surface area contributed by atoms with Gasteiger partial charge in [0.05, 0.1) is 6.61 Å². The van der Waals surface area contributed by atoms with Gasteiger partial charge < -0.3 is 15.8 Å². The van der Waals surface area contributed by atoms with E-state index in [-0.39, 0.29) is 11.8 Å². The molecule has 0 saturated carbocycles. The second kappa shape index (κ2) is 7.71. The zero-order chi connectivity index (χ0) is 13.4. The lowest BCUT2D eigenvalue weighted by Gasteiger charge is -2.10. The van der Waals surface area contributed by atoms with Crippen molar-refractivity contribution in [1.29, 1.82) is 0 Å². The van der Waals surface area contributed by atoms with Crippen LogP contribution in [0.2, 0.25) is 0 Å². The summed E-state index contributed by atoms with van der Waals surface area (Å²) in [5.74, 6) is 1.09. The van der Waals surface area contributed by atoms with Gasteiger partial charge in [-0.15, -0.1) is 0 Å². The molecular formula is C14H22N2O2. The quantitative estimate of drug-likeness (QED) is 0.774. The highest BCUT2D eigenvalue weighted by Crippen LogP contribution is 2.13. The molecule has 1 amide bonds. The molecule has 4 heteroatoms. The van der Waals surface area contributed by atoms with Gasteiger partial charge in [-0.25, -0.2) is 0 Å². The lowest BCUT2D eigenvalue weighted by Crippen LogP contribution is -2.26. The Hall–Kier alpha value is -1.55. The van der Waals surface area contributed by atoms with Gasteiger partial charge in [-0.2, -0.15) is 0 Å². The fourth-order valence-electron chi connectivity index (χ4n) is 1.58. The van der Waals surface area contributed by atoms with Crippen molar-refractivity contribution in [2.45, 2.75) is 26.8 Å². The van der Waals surface area contributed by atoms with E-state index < -0.39 is 0 Å². The summed E-state index contributed by atoms with van der Waals surface area (Å²) < 4.78 is 5.41. The van der Waals surface area contributed by atoms with Gasteiger partial charge in [0.25, 0.3) is 0 Å². The van der Waals surface area contributed by atoms with Gasteiger partial charge in [0.1, 0.15) is 5.75 Å². The van der Waals surface area contributed by atoms with Crippen molar-refractivity contribution in [1.82, 2.24) is 5.32 Å². The Morgan fingerprint density at radius 3 is 2.94 bits per heavy atom. The Labute approximate surface area is 109 Å². The van der Waals surface area contributed by atoms with E-state index in [9.17, 15) is 4.79 Å². The van der Waals surface area contributed by atoms with E-state index in [4.69, 9.17) is 10.5 Å². The van der Waals surface area contributed by atoms with E-state index in [1.54, 1.807) is 0 Å². The van der Waals surface area contributed by atoms with Crippen molar-refractivity contribution in [3.8, 4) is 5.75 Å². The highest BCUT2D eigenvalue weighted by Gasteiger charge is 2.07. The van der Waals surface area contributed by atoms with Crippen LogP contribution in [0, 0.1) is 5.92 Å². The molecule has 1 atom stereocenters. The fourth-order valence-corrected chi connectivity index (χ4v) is 1.58. The number of amides is 1. The summed E-state index contributed by atoms with van der Waals surface area (Å²) in [6.07, 6.45) is 0.474. The first-order valence-electron chi connectivity index (χ1n) is 6.34. The van der Waals surface area contributed by atoms with Gasteiger partial charge in [0, 0.05) is 13.0 Å². The Morgan fingerprint density at radius 2 is 2.28 bits per heavy atom. The lowest BCUT2D eigenvalue weighted by atomic mass is 10.1. The number of rotatable bonds is 7. The molecule has 18 heavy (non-hydrogen) atoms. The molecule has 0 fully saturated rings. The number of nitrogens with two attached hydrogens (primary N) is 1. The van der Waals surface area contributed by atoms with Crippen LogP contribution in [0.5, 0.6) is 5.75 Å². The molecule has 0 aromatic heterocycles. The van der Waals surface area contributed by atoms with Crippen molar-refractivity contribution < 1.29 is 9.53 Å². The molecule has 0 aliphatic carbocycles.